The van der Waals surface area contributed by atoms with Crippen molar-refractivity contribution in [1.29, 1.82) is 0 Å². The standard InChI is InChI=1S/C3H2N4O4/c8-2-4-1(7(10)11)5-3(9)6-2/h(H2,4,5,6,8,9). The summed E-state index contributed by atoms with van der Waals surface area (Å²) in [7, 11) is 0. The first-order chi connectivity index (χ1) is 5.09. The molecular weight excluding hydrogens is 156 g/mol. The van der Waals surface area contributed by atoms with E-state index in [1.54, 1.807) is 9.97 Å². The van der Waals surface area contributed by atoms with Gasteiger partial charge in [0.1, 0.15) is 0 Å². The molecule has 8 nitrogen and oxygen atoms in total. The molecule has 1 rings (SSSR count). The maximum Gasteiger partial charge on any atom is 0.441 e. The average Bonchev–Trinajstić information content (AvgIpc) is 1.85. The molecule has 0 aliphatic heterocycles. The van der Waals surface area contributed by atoms with Gasteiger partial charge in [-0.1, -0.05) is 0 Å². The van der Waals surface area contributed by atoms with Gasteiger partial charge in [-0.15, -0.1) is 0 Å². The zero-order valence-corrected chi connectivity index (χ0v) is 5.03. The highest BCUT2D eigenvalue weighted by Gasteiger charge is 2.07. The van der Waals surface area contributed by atoms with Crippen LogP contribution in [0.15, 0.2) is 9.59 Å². The van der Waals surface area contributed by atoms with Crippen LogP contribution in [0.3, 0.4) is 0 Å². The number of rotatable bonds is 1. The number of hydrogen-bond acceptors (Lipinski definition) is 5. The summed E-state index contributed by atoms with van der Waals surface area (Å²) in [4.78, 5) is 35.9. The third kappa shape index (κ3) is 1.47. The van der Waals surface area contributed by atoms with Crippen LogP contribution in [-0.2, 0) is 0 Å². The van der Waals surface area contributed by atoms with Gasteiger partial charge in [0.25, 0.3) is 0 Å². The SMILES string of the molecule is O=c1nc([N+](=O)[O-])[nH]c(=O)[nH]1. The zero-order chi connectivity index (χ0) is 8.43. The summed E-state index contributed by atoms with van der Waals surface area (Å²) in [6.07, 6.45) is 0. The van der Waals surface area contributed by atoms with Crippen molar-refractivity contribution in [2.45, 2.75) is 0 Å². The van der Waals surface area contributed by atoms with E-state index in [0.29, 0.717) is 0 Å². The van der Waals surface area contributed by atoms with E-state index in [4.69, 9.17) is 0 Å². The van der Waals surface area contributed by atoms with Gasteiger partial charge in [-0.05, 0) is 9.91 Å². The number of nitrogens with zero attached hydrogens (tertiary/aromatic N) is 2. The second kappa shape index (κ2) is 2.33. The molecule has 0 saturated carbocycles. The maximum atomic E-state index is 10.4. The first-order valence-corrected chi connectivity index (χ1v) is 2.44. The molecule has 0 atom stereocenters. The molecule has 58 valence electrons. The van der Waals surface area contributed by atoms with E-state index in [0.717, 1.165) is 0 Å². The molecular formula is C3H2N4O4. The van der Waals surface area contributed by atoms with Crippen molar-refractivity contribution in [2.24, 2.45) is 0 Å². The van der Waals surface area contributed by atoms with Gasteiger partial charge in [0.05, 0.1) is 0 Å². The Morgan fingerprint density at radius 3 is 2.45 bits per heavy atom. The highest BCUT2D eigenvalue weighted by Crippen LogP contribution is 1.89. The monoisotopic (exact) mass is 158 g/mol. The van der Waals surface area contributed by atoms with Gasteiger partial charge >= 0.3 is 17.3 Å². The van der Waals surface area contributed by atoms with E-state index in [-0.39, 0.29) is 0 Å². The van der Waals surface area contributed by atoms with Crippen LogP contribution >= 0.6 is 0 Å². The molecule has 2 N–H and O–H groups in total. The Labute approximate surface area is 58.1 Å². The molecule has 1 aromatic heterocycles. The van der Waals surface area contributed by atoms with Gasteiger partial charge < -0.3 is 10.1 Å². The van der Waals surface area contributed by atoms with Gasteiger partial charge in [0, 0.05) is 0 Å². The molecule has 0 unspecified atom stereocenters. The average molecular weight is 158 g/mol. The number of H-pyrrole nitrogens is 2. The number of hydrogen-bond donors (Lipinski definition) is 2. The minimum Gasteiger partial charge on any atom is -0.390 e. The van der Waals surface area contributed by atoms with Crippen LogP contribution in [-0.4, -0.2) is 19.9 Å². The van der Waals surface area contributed by atoms with Crippen molar-refractivity contribution in [3.8, 4) is 0 Å². The van der Waals surface area contributed by atoms with Crippen molar-refractivity contribution in [3.63, 3.8) is 0 Å². The number of nitrogens with one attached hydrogen (secondary N) is 2. The van der Waals surface area contributed by atoms with Crippen molar-refractivity contribution in [2.75, 3.05) is 0 Å². The minimum absolute atomic E-state index is 0.862. The Morgan fingerprint density at radius 1 is 1.36 bits per heavy atom. The molecule has 1 aromatic rings. The fraction of sp³-hybridized carbons (Fsp3) is 0. The molecule has 1 heterocycles. The number of nitro groups is 1. The zero-order valence-electron chi connectivity index (χ0n) is 5.03. The summed E-state index contributed by atoms with van der Waals surface area (Å²) in [6.45, 7) is 0. The predicted molar refractivity (Wildman–Crippen MR) is 32.1 cm³/mol. The highest BCUT2D eigenvalue weighted by molar-refractivity contribution is 4.96. The second-order valence-corrected chi connectivity index (χ2v) is 1.58. The first-order valence-electron chi connectivity index (χ1n) is 2.44. The molecule has 0 bridgehead atoms. The third-order valence-corrected chi connectivity index (χ3v) is 0.826. The van der Waals surface area contributed by atoms with Crippen LogP contribution in [0.4, 0.5) is 5.95 Å². The lowest BCUT2D eigenvalue weighted by Crippen LogP contribution is -2.25. The molecule has 11 heavy (non-hydrogen) atoms. The lowest BCUT2D eigenvalue weighted by Gasteiger charge is -1.88. The van der Waals surface area contributed by atoms with Crippen LogP contribution in [0.25, 0.3) is 0 Å². The molecule has 0 fully saturated rings. The van der Waals surface area contributed by atoms with Gasteiger partial charge in [0.15, 0.2) is 0 Å². The molecule has 0 amide bonds. The molecule has 0 radical (unpaired) electrons. The fourth-order valence-electron chi connectivity index (χ4n) is 0.468. The largest absolute Gasteiger partial charge is 0.441 e. The van der Waals surface area contributed by atoms with Gasteiger partial charge in [0.2, 0.25) is 0 Å². The van der Waals surface area contributed by atoms with Crippen LogP contribution in [0.5, 0.6) is 0 Å². The predicted octanol–water partition coefficient (Wildman–Crippen LogP) is -1.63. The fourth-order valence-corrected chi connectivity index (χ4v) is 0.468. The van der Waals surface area contributed by atoms with Crippen LogP contribution in [0.2, 0.25) is 0 Å². The van der Waals surface area contributed by atoms with Crippen LogP contribution in [0.1, 0.15) is 0 Å². The van der Waals surface area contributed by atoms with Crippen LogP contribution < -0.4 is 11.4 Å². The molecule has 0 aliphatic carbocycles. The quantitative estimate of drug-likeness (QED) is 0.375. The number of aromatic nitrogens is 3. The van der Waals surface area contributed by atoms with Crippen molar-refractivity contribution in [1.82, 2.24) is 15.0 Å². The Balaban J connectivity index is 3.42. The van der Waals surface area contributed by atoms with Crippen molar-refractivity contribution in [3.05, 3.63) is 31.1 Å². The normalized spacial score (nSPS) is 9.45. The third-order valence-electron chi connectivity index (χ3n) is 0.826. The summed E-state index contributed by atoms with van der Waals surface area (Å²) >= 11 is 0. The lowest BCUT2D eigenvalue weighted by molar-refractivity contribution is -0.394. The van der Waals surface area contributed by atoms with Gasteiger partial charge in [-0.3, -0.25) is 0 Å². The van der Waals surface area contributed by atoms with Crippen LogP contribution in [0, 0.1) is 10.1 Å². The van der Waals surface area contributed by atoms with Gasteiger partial charge in [-0.25, -0.2) is 14.6 Å². The van der Waals surface area contributed by atoms with E-state index in [9.17, 15) is 19.7 Å². The van der Waals surface area contributed by atoms with E-state index in [2.05, 4.69) is 4.98 Å². The summed E-state index contributed by atoms with van der Waals surface area (Å²) in [6, 6.07) is 0. The molecule has 0 saturated heterocycles. The second-order valence-electron chi connectivity index (χ2n) is 1.58. The van der Waals surface area contributed by atoms with E-state index in [1.165, 1.54) is 0 Å². The minimum atomic E-state index is -1.04. The molecule has 0 aromatic carbocycles. The molecule has 0 spiro atoms. The van der Waals surface area contributed by atoms with E-state index in [1.807, 2.05) is 0 Å². The summed E-state index contributed by atoms with van der Waals surface area (Å²) in [5.41, 5.74) is -1.99. The summed E-state index contributed by atoms with van der Waals surface area (Å²) in [5, 5.41) is 9.93. The lowest BCUT2D eigenvalue weighted by atomic mass is 10.9. The summed E-state index contributed by atoms with van der Waals surface area (Å²) in [5.74, 6) is -0.862. The Hall–Kier alpha value is -1.99. The maximum absolute atomic E-state index is 10.4. The first kappa shape index (κ1) is 7.12. The smallest absolute Gasteiger partial charge is 0.390 e. The topological polar surface area (TPSA) is 122 Å². The van der Waals surface area contributed by atoms with Crippen molar-refractivity contribution >= 4 is 5.95 Å². The highest BCUT2D eigenvalue weighted by atomic mass is 16.6. The van der Waals surface area contributed by atoms with E-state index >= 15 is 0 Å². The Morgan fingerprint density at radius 2 is 2.00 bits per heavy atom. The number of aromatic amines is 2. The molecule has 0 aliphatic rings. The van der Waals surface area contributed by atoms with Crippen molar-refractivity contribution < 1.29 is 4.92 Å². The Kier molecular flexibility index (Phi) is 1.51. The molecule has 8 heteroatoms. The summed E-state index contributed by atoms with van der Waals surface area (Å²) < 4.78 is 0. The van der Waals surface area contributed by atoms with E-state index < -0.39 is 22.3 Å². The van der Waals surface area contributed by atoms with Gasteiger partial charge in [-0.2, -0.15) is 4.98 Å². The Bertz CT molecular complexity index is 361.